The van der Waals surface area contributed by atoms with Crippen molar-refractivity contribution in [2.75, 3.05) is 13.2 Å². The molecule has 0 aliphatic carbocycles. The van der Waals surface area contributed by atoms with Crippen molar-refractivity contribution in [1.82, 2.24) is 9.97 Å². The number of rotatable bonds is 7. The molecule has 0 N–H and O–H groups in total. The smallest absolute Gasteiger partial charge is 0.340 e. The fraction of sp³-hybridized carbons (Fsp3) is 0.375. The van der Waals surface area contributed by atoms with E-state index in [2.05, 4.69) is 9.97 Å². The van der Waals surface area contributed by atoms with Crippen molar-refractivity contribution in [3.63, 3.8) is 0 Å². The minimum atomic E-state index is -0.409. The van der Waals surface area contributed by atoms with Crippen molar-refractivity contribution in [3.05, 3.63) is 34.5 Å². The van der Waals surface area contributed by atoms with Crippen molar-refractivity contribution in [2.24, 2.45) is 0 Å². The van der Waals surface area contributed by atoms with Gasteiger partial charge in [0.25, 0.3) is 0 Å². The van der Waals surface area contributed by atoms with Gasteiger partial charge in [0.1, 0.15) is 5.03 Å². The zero-order valence-corrected chi connectivity index (χ0v) is 15.3. The van der Waals surface area contributed by atoms with Crippen LogP contribution < -0.4 is 0 Å². The number of pyridine rings is 1. The van der Waals surface area contributed by atoms with Crippen LogP contribution in [0.3, 0.4) is 0 Å². The Labute approximate surface area is 148 Å². The van der Waals surface area contributed by atoms with Gasteiger partial charge < -0.3 is 9.47 Å². The van der Waals surface area contributed by atoms with Gasteiger partial charge in [-0.1, -0.05) is 0 Å². The molecule has 0 aliphatic heterocycles. The summed E-state index contributed by atoms with van der Waals surface area (Å²) in [6.45, 7) is 6.04. The maximum Gasteiger partial charge on any atom is 0.340 e. The summed E-state index contributed by atoms with van der Waals surface area (Å²) in [5.74, 6) is -0.682. The van der Waals surface area contributed by atoms with Gasteiger partial charge in [0, 0.05) is 11.1 Å². The fourth-order valence-corrected chi connectivity index (χ4v) is 4.08. The van der Waals surface area contributed by atoms with Crippen LogP contribution >= 0.6 is 23.1 Å². The van der Waals surface area contributed by atoms with Gasteiger partial charge in [-0.05, 0) is 44.7 Å². The first kappa shape index (κ1) is 18.4. The minimum Gasteiger partial charge on any atom is -0.466 e. The second kappa shape index (κ2) is 8.79. The first-order chi connectivity index (χ1) is 11.5. The zero-order valence-electron chi connectivity index (χ0n) is 13.7. The third-order valence-corrected chi connectivity index (χ3v) is 5.17. The van der Waals surface area contributed by atoms with Crippen LogP contribution in [0, 0.1) is 6.92 Å². The lowest BCUT2D eigenvalue weighted by molar-refractivity contribution is -0.142. The summed E-state index contributed by atoms with van der Waals surface area (Å²) in [6, 6.07) is 3.36. The molecule has 2 aromatic rings. The molecule has 0 bridgehead atoms. The summed E-state index contributed by atoms with van der Waals surface area (Å²) in [4.78, 5) is 33.2. The van der Waals surface area contributed by atoms with Crippen LogP contribution in [-0.4, -0.2) is 35.1 Å². The molecule has 0 radical (unpaired) electrons. The second-order valence-corrected chi connectivity index (χ2v) is 6.97. The molecule has 128 valence electrons. The minimum absolute atomic E-state index is 0.199. The summed E-state index contributed by atoms with van der Waals surface area (Å²) >= 11 is 2.69. The van der Waals surface area contributed by atoms with E-state index in [0.717, 1.165) is 14.9 Å². The topological polar surface area (TPSA) is 78.4 Å². The van der Waals surface area contributed by atoms with Gasteiger partial charge in [0.2, 0.25) is 0 Å². The number of hydrogen-bond donors (Lipinski definition) is 0. The Bertz CT molecular complexity index is 731. The van der Waals surface area contributed by atoms with Gasteiger partial charge in [-0.2, -0.15) is 0 Å². The Morgan fingerprint density at radius 3 is 2.71 bits per heavy atom. The first-order valence-electron chi connectivity index (χ1n) is 7.47. The molecular weight excluding hydrogens is 348 g/mol. The van der Waals surface area contributed by atoms with Crippen molar-refractivity contribution >= 4 is 35.0 Å². The van der Waals surface area contributed by atoms with Crippen LogP contribution in [0.5, 0.6) is 0 Å². The predicted molar refractivity (Wildman–Crippen MR) is 91.5 cm³/mol. The number of esters is 2. The molecule has 2 aromatic heterocycles. The van der Waals surface area contributed by atoms with Crippen LogP contribution in [0.15, 0.2) is 27.7 Å². The molecular formula is C16H18N2O4S2. The number of nitrogens with zero attached hydrogens (tertiary/aromatic N) is 2. The fourth-order valence-electron chi connectivity index (χ4n) is 1.87. The maximum atomic E-state index is 12.0. The lowest BCUT2D eigenvalue weighted by atomic mass is 10.3. The molecule has 0 saturated heterocycles. The largest absolute Gasteiger partial charge is 0.466 e. The van der Waals surface area contributed by atoms with Crippen LogP contribution in [0.2, 0.25) is 0 Å². The molecule has 24 heavy (non-hydrogen) atoms. The van der Waals surface area contributed by atoms with Gasteiger partial charge in [-0.3, -0.25) is 4.79 Å². The second-order valence-electron chi connectivity index (χ2n) is 4.65. The van der Waals surface area contributed by atoms with Gasteiger partial charge in [0.05, 0.1) is 30.9 Å². The van der Waals surface area contributed by atoms with Gasteiger partial charge >= 0.3 is 11.9 Å². The summed E-state index contributed by atoms with van der Waals surface area (Å²) in [5, 5.41) is 0.535. The average molecular weight is 366 g/mol. The zero-order chi connectivity index (χ0) is 17.5. The van der Waals surface area contributed by atoms with Gasteiger partial charge in [-0.15, -0.1) is 11.3 Å². The third-order valence-electron chi connectivity index (χ3n) is 2.93. The predicted octanol–water partition coefficient (Wildman–Crippen LogP) is 3.28. The molecule has 0 atom stereocenters. The highest BCUT2D eigenvalue weighted by Crippen LogP contribution is 2.34. The molecule has 0 amide bonds. The molecule has 0 spiro atoms. The number of ether oxygens (including phenoxy) is 2. The summed E-state index contributed by atoms with van der Waals surface area (Å²) < 4.78 is 10.7. The van der Waals surface area contributed by atoms with Gasteiger partial charge in [0.15, 0.2) is 4.34 Å². The van der Waals surface area contributed by atoms with Crippen LogP contribution in [0.1, 0.15) is 34.8 Å². The molecule has 2 rings (SSSR count). The Morgan fingerprint density at radius 1 is 1.25 bits per heavy atom. The Morgan fingerprint density at radius 2 is 2.00 bits per heavy atom. The van der Waals surface area contributed by atoms with E-state index in [9.17, 15) is 9.59 Å². The Hall–Kier alpha value is -1.93. The van der Waals surface area contributed by atoms with Crippen LogP contribution in [0.4, 0.5) is 0 Å². The van der Waals surface area contributed by atoms with E-state index in [1.165, 1.54) is 23.1 Å². The number of hydrogen-bond acceptors (Lipinski definition) is 8. The summed E-state index contributed by atoms with van der Waals surface area (Å²) in [6.07, 6.45) is 1.82. The molecule has 2 heterocycles. The van der Waals surface area contributed by atoms with E-state index < -0.39 is 5.97 Å². The number of carbonyl (C=O) groups excluding carboxylic acids is 2. The van der Waals surface area contributed by atoms with E-state index in [4.69, 9.17) is 9.47 Å². The van der Waals surface area contributed by atoms with E-state index in [1.54, 1.807) is 32.2 Å². The highest BCUT2D eigenvalue weighted by molar-refractivity contribution is 8.01. The van der Waals surface area contributed by atoms with Crippen molar-refractivity contribution in [1.29, 1.82) is 0 Å². The van der Waals surface area contributed by atoms with E-state index in [0.29, 0.717) is 23.8 Å². The lowest BCUT2D eigenvalue weighted by Gasteiger charge is -2.05. The quantitative estimate of drug-likeness (QED) is 0.696. The standard InChI is InChI=1S/C16H18N2O4S2/c1-4-21-13(19)9-12-10(3)18-16(23-12)24-14-11(7-6-8-17-14)15(20)22-5-2/h6-8H,4-5,9H2,1-3H3. The highest BCUT2D eigenvalue weighted by Gasteiger charge is 2.18. The molecule has 0 fully saturated rings. The Balaban J connectivity index is 2.17. The van der Waals surface area contributed by atoms with E-state index >= 15 is 0 Å². The normalized spacial score (nSPS) is 10.5. The molecule has 0 unspecified atom stereocenters. The average Bonchev–Trinajstić information content (AvgIpc) is 2.87. The van der Waals surface area contributed by atoms with E-state index in [1.807, 2.05) is 6.92 Å². The monoisotopic (exact) mass is 366 g/mol. The highest BCUT2D eigenvalue weighted by atomic mass is 32.2. The molecule has 8 heteroatoms. The molecule has 0 aliphatic rings. The Kier molecular flexibility index (Phi) is 6.74. The number of carbonyl (C=O) groups is 2. The van der Waals surface area contributed by atoms with Crippen LogP contribution in [0.25, 0.3) is 0 Å². The van der Waals surface area contributed by atoms with Crippen molar-refractivity contribution in [2.45, 2.75) is 36.6 Å². The van der Waals surface area contributed by atoms with Crippen molar-refractivity contribution in [3.8, 4) is 0 Å². The summed E-state index contributed by atoms with van der Waals surface area (Å²) in [7, 11) is 0. The van der Waals surface area contributed by atoms with Gasteiger partial charge in [-0.25, -0.2) is 14.8 Å². The lowest BCUT2D eigenvalue weighted by Crippen LogP contribution is -2.07. The number of thiazole rings is 1. The first-order valence-corrected chi connectivity index (χ1v) is 9.10. The number of aromatic nitrogens is 2. The summed E-state index contributed by atoms with van der Waals surface area (Å²) in [5.41, 5.74) is 1.19. The SMILES string of the molecule is CCOC(=O)Cc1sc(Sc2ncccc2C(=O)OCC)nc1C. The number of aryl methyl sites for hydroxylation is 1. The third kappa shape index (κ3) is 4.78. The van der Waals surface area contributed by atoms with Crippen LogP contribution in [-0.2, 0) is 20.7 Å². The molecule has 0 saturated carbocycles. The van der Waals surface area contributed by atoms with Crippen molar-refractivity contribution < 1.29 is 19.1 Å². The maximum absolute atomic E-state index is 12.0. The molecule has 0 aromatic carbocycles. The van der Waals surface area contributed by atoms with E-state index in [-0.39, 0.29) is 12.4 Å². The molecule has 6 nitrogen and oxygen atoms in total.